The third-order valence-corrected chi connectivity index (χ3v) is 3.13. The molecule has 2 rings (SSSR count). The van der Waals surface area contributed by atoms with Crippen molar-refractivity contribution in [2.45, 2.75) is 26.7 Å². The van der Waals surface area contributed by atoms with Crippen LogP contribution in [-0.4, -0.2) is 16.5 Å². The molecule has 0 aliphatic heterocycles. The Labute approximate surface area is 128 Å². The lowest BCUT2D eigenvalue weighted by atomic mass is 10.1. The van der Waals surface area contributed by atoms with E-state index in [9.17, 15) is 4.39 Å². The summed E-state index contributed by atoms with van der Waals surface area (Å²) in [5, 5.41) is 6.68. The largest absolute Gasteiger partial charge is 0.370 e. The summed E-state index contributed by atoms with van der Waals surface area (Å²) in [5.74, 6) is 1.09. The maximum Gasteiger partial charge on any atom is 0.139 e. The predicted octanol–water partition coefficient (Wildman–Crippen LogP) is 4.40. The second kappa shape index (κ2) is 7.22. The van der Waals surface area contributed by atoms with E-state index in [0.717, 1.165) is 30.8 Å². The van der Waals surface area contributed by atoms with Gasteiger partial charge in [-0.25, -0.2) is 14.4 Å². The van der Waals surface area contributed by atoms with Crippen LogP contribution in [0, 0.1) is 5.82 Å². The van der Waals surface area contributed by atoms with Crippen LogP contribution in [0.3, 0.4) is 0 Å². The normalized spacial score (nSPS) is 10.5. The summed E-state index contributed by atoms with van der Waals surface area (Å²) in [6, 6.07) is 4.32. The zero-order chi connectivity index (χ0) is 15.2. The minimum atomic E-state index is -0.386. The fraction of sp³-hybridized carbons (Fsp3) is 0.333. The highest BCUT2D eigenvalue weighted by Crippen LogP contribution is 2.26. The van der Waals surface area contributed by atoms with Crippen molar-refractivity contribution in [3.8, 4) is 0 Å². The molecule has 1 aromatic carbocycles. The monoisotopic (exact) mass is 308 g/mol. The van der Waals surface area contributed by atoms with Crippen molar-refractivity contribution in [1.82, 2.24) is 9.97 Å². The van der Waals surface area contributed by atoms with Gasteiger partial charge in [0.05, 0.1) is 0 Å². The standard InChI is InChI=1S/C15H18ClFN4/c1-3-5-13-14(18-4-2)19-9-20-15(13)21-12-7-10(16)6-11(17)8-12/h6-9H,3-5H2,1-2H3,(H2,18,19,20,21). The SMILES string of the molecule is CCCc1c(NCC)ncnc1Nc1cc(F)cc(Cl)c1. The number of hydrogen-bond acceptors (Lipinski definition) is 4. The van der Waals surface area contributed by atoms with Gasteiger partial charge in [-0.1, -0.05) is 24.9 Å². The first-order chi connectivity index (χ1) is 10.1. The molecule has 2 aromatic rings. The summed E-state index contributed by atoms with van der Waals surface area (Å²) in [4.78, 5) is 8.53. The molecule has 4 nitrogen and oxygen atoms in total. The minimum absolute atomic E-state index is 0.343. The average Bonchev–Trinajstić information content (AvgIpc) is 2.41. The van der Waals surface area contributed by atoms with Gasteiger partial charge in [-0.3, -0.25) is 0 Å². The molecule has 0 atom stereocenters. The van der Waals surface area contributed by atoms with Crippen LogP contribution >= 0.6 is 11.6 Å². The van der Waals surface area contributed by atoms with Gasteiger partial charge >= 0.3 is 0 Å². The highest BCUT2D eigenvalue weighted by Gasteiger charge is 2.11. The van der Waals surface area contributed by atoms with E-state index >= 15 is 0 Å². The van der Waals surface area contributed by atoms with Crippen molar-refractivity contribution in [3.05, 3.63) is 40.9 Å². The van der Waals surface area contributed by atoms with Crippen LogP contribution in [0.25, 0.3) is 0 Å². The van der Waals surface area contributed by atoms with Crippen LogP contribution in [0.2, 0.25) is 5.02 Å². The van der Waals surface area contributed by atoms with E-state index < -0.39 is 0 Å². The first-order valence-corrected chi connectivity index (χ1v) is 7.32. The highest BCUT2D eigenvalue weighted by molar-refractivity contribution is 6.30. The quantitative estimate of drug-likeness (QED) is 0.830. The smallest absolute Gasteiger partial charge is 0.139 e. The second-order valence-corrected chi connectivity index (χ2v) is 5.05. The molecule has 6 heteroatoms. The van der Waals surface area contributed by atoms with Crippen molar-refractivity contribution in [2.24, 2.45) is 0 Å². The topological polar surface area (TPSA) is 49.8 Å². The summed E-state index contributed by atoms with van der Waals surface area (Å²) >= 11 is 5.87. The second-order valence-electron chi connectivity index (χ2n) is 4.61. The van der Waals surface area contributed by atoms with E-state index in [-0.39, 0.29) is 5.82 Å². The first-order valence-electron chi connectivity index (χ1n) is 6.94. The molecule has 1 aromatic heterocycles. The maximum atomic E-state index is 13.4. The van der Waals surface area contributed by atoms with Gasteiger partial charge < -0.3 is 10.6 Å². The maximum absolute atomic E-state index is 13.4. The molecule has 0 saturated heterocycles. The lowest BCUT2D eigenvalue weighted by Crippen LogP contribution is -2.08. The summed E-state index contributed by atoms with van der Waals surface area (Å²) in [6.45, 7) is 4.88. The molecular formula is C15H18ClFN4. The van der Waals surface area contributed by atoms with Gasteiger partial charge in [0.25, 0.3) is 0 Å². The summed E-state index contributed by atoms with van der Waals surface area (Å²) in [6.07, 6.45) is 3.28. The van der Waals surface area contributed by atoms with Crippen LogP contribution in [-0.2, 0) is 6.42 Å². The van der Waals surface area contributed by atoms with Crippen molar-refractivity contribution in [2.75, 3.05) is 17.2 Å². The molecule has 0 spiro atoms. The molecule has 21 heavy (non-hydrogen) atoms. The summed E-state index contributed by atoms with van der Waals surface area (Å²) in [7, 11) is 0. The van der Waals surface area contributed by atoms with Crippen LogP contribution in [0.15, 0.2) is 24.5 Å². The minimum Gasteiger partial charge on any atom is -0.370 e. The number of halogens is 2. The molecule has 0 radical (unpaired) electrons. The Kier molecular flexibility index (Phi) is 5.33. The zero-order valence-corrected chi connectivity index (χ0v) is 12.8. The number of anilines is 3. The molecule has 1 heterocycles. The Morgan fingerprint density at radius 2 is 1.90 bits per heavy atom. The molecule has 0 saturated carbocycles. The molecule has 0 aliphatic carbocycles. The highest BCUT2D eigenvalue weighted by atomic mass is 35.5. The third kappa shape index (κ3) is 4.04. The molecule has 0 bridgehead atoms. The molecule has 2 N–H and O–H groups in total. The Morgan fingerprint density at radius 3 is 2.57 bits per heavy atom. The van der Waals surface area contributed by atoms with Crippen LogP contribution in [0.5, 0.6) is 0 Å². The van der Waals surface area contributed by atoms with Crippen LogP contribution < -0.4 is 10.6 Å². The average molecular weight is 309 g/mol. The third-order valence-electron chi connectivity index (χ3n) is 2.91. The summed E-state index contributed by atoms with van der Waals surface area (Å²) in [5.41, 5.74) is 1.56. The van der Waals surface area contributed by atoms with Gasteiger partial charge in [0.2, 0.25) is 0 Å². The first kappa shape index (κ1) is 15.5. The van der Waals surface area contributed by atoms with Gasteiger partial charge in [-0.05, 0) is 31.5 Å². The molecule has 0 unspecified atom stereocenters. The van der Waals surface area contributed by atoms with E-state index in [1.54, 1.807) is 6.07 Å². The van der Waals surface area contributed by atoms with Gasteiger partial charge in [0, 0.05) is 22.8 Å². The molecule has 0 amide bonds. The van der Waals surface area contributed by atoms with Gasteiger partial charge in [0.15, 0.2) is 0 Å². The fourth-order valence-corrected chi connectivity index (χ4v) is 2.31. The predicted molar refractivity (Wildman–Crippen MR) is 84.9 cm³/mol. The zero-order valence-electron chi connectivity index (χ0n) is 12.1. The Morgan fingerprint density at radius 1 is 1.14 bits per heavy atom. The van der Waals surface area contributed by atoms with Crippen molar-refractivity contribution in [3.63, 3.8) is 0 Å². The van der Waals surface area contributed by atoms with Crippen LogP contribution in [0.1, 0.15) is 25.8 Å². The van der Waals surface area contributed by atoms with Gasteiger partial charge in [0.1, 0.15) is 23.8 Å². The Hall–Kier alpha value is -1.88. The van der Waals surface area contributed by atoms with Crippen molar-refractivity contribution in [1.29, 1.82) is 0 Å². The Bertz CT molecular complexity index is 598. The lowest BCUT2D eigenvalue weighted by molar-refractivity contribution is 0.628. The number of rotatable bonds is 6. The van der Waals surface area contributed by atoms with E-state index in [4.69, 9.17) is 11.6 Å². The Balaban J connectivity index is 2.35. The van der Waals surface area contributed by atoms with Gasteiger partial charge in [-0.2, -0.15) is 0 Å². The molecule has 0 fully saturated rings. The van der Waals surface area contributed by atoms with E-state index in [1.165, 1.54) is 18.5 Å². The van der Waals surface area contributed by atoms with E-state index in [2.05, 4.69) is 27.5 Å². The number of benzene rings is 1. The van der Waals surface area contributed by atoms with E-state index in [0.29, 0.717) is 16.5 Å². The number of nitrogens with one attached hydrogen (secondary N) is 2. The lowest BCUT2D eigenvalue weighted by Gasteiger charge is -2.14. The number of hydrogen-bond donors (Lipinski definition) is 2. The fourth-order valence-electron chi connectivity index (χ4n) is 2.09. The van der Waals surface area contributed by atoms with E-state index in [1.807, 2.05) is 6.92 Å². The molecule has 0 aliphatic rings. The van der Waals surface area contributed by atoms with Crippen molar-refractivity contribution < 1.29 is 4.39 Å². The van der Waals surface area contributed by atoms with Gasteiger partial charge in [-0.15, -0.1) is 0 Å². The number of aromatic nitrogens is 2. The number of nitrogens with zero attached hydrogens (tertiary/aromatic N) is 2. The summed E-state index contributed by atoms with van der Waals surface area (Å²) < 4.78 is 13.4. The van der Waals surface area contributed by atoms with Crippen LogP contribution in [0.4, 0.5) is 21.7 Å². The molecular weight excluding hydrogens is 291 g/mol. The molecule has 112 valence electrons. The van der Waals surface area contributed by atoms with Crippen molar-refractivity contribution >= 4 is 28.9 Å².